The molecule has 0 aromatic heterocycles. The van der Waals surface area contributed by atoms with Gasteiger partial charge >= 0.3 is 0 Å². The van der Waals surface area contributed by atoms with Gasteiger partial charge in [-0.05, 0) is 13.3 Å². The third-order valence-corrected chi connectivity index (χ3v) is 0.853. The van der Waals surface area contributed by atoms with Crippen LogP contribution in [0.5, 0.6) is 0 Å². The molecule has 0 aliphatic rings. The minimum Gasteiger partial charge on any atom is -0.289 e. The molecule has 0 rings (SSSR count). The zero-order chi connectivity index (χ0) is 7.11. The highest BCUT2D eigenvalue weighted by Crippen LogP contribution is 1.81. The molecule has 0 aliphatic heterocycles. The van der Waals surface area contributed by atoms with Crippen molar-refractivity contribution in [1.82, 2.24) is 0 Å². The van der Waals surface area contributed by atoms with Crippen molar-refractivity contribution >= 4 is 11.7 Å². The Labute approximate surface area is 55.3 Å². The first-order valence-electron chi connectivity index (χ1n) is 3.03. The highest BCUT2D eigenvalue weighted by atomic mass is 16.1. The first kappa shape index (κ1) is 8.12. The molecule has 0 N–H and O–H groups in total. The topological polar surface area (TPSA) is 29.4 Å². The lowest BCUT2D eigenvalue weighted by atomic mass is 10.4. The molecule has 0 heterocycles. The third kappa shape index (κ3) is 4.98. The molecule has 0 atom stereocenters. The van der Waals surface area contributed by atoms with Crippen molar-refractivity contribution in [2.24, 2.45) is 4.99 Å². The van der Waals surface area contributed by atoms with Crippen LogP contribution < -0.4 is 0 Å². The van der Waals surface area contributed by atoms with E-state index in [1.165, 1.54) is 6.08 Å². The second-order valence-electron chi connectivity index (χ2n) is 1.79. The molecular formula is C7H11NO. The first-order chi connectivity index (χ1) is 4.31. The summed E-state index contributed by atoms with van der Waals surface area (Å²) in [5, 5.41) is 0. The standard InChI is InChI=1S/C7H11NO/c1-3-5-8-7(2)4-6-9/h4H,3,5H2,1-2H3. The van der Waals surface area contributed by atoms with Crippen molar-refractivity contribution in [2.45, 2.75) is 20.3 Å². The predicted octanol–water partition coefficient (Wildman–Crippen LogP) is 1.25. The van der Waals surface area contributed by atoms with Crippen molar-refractivity contribution in [3.8, 4) is 0 Å². The number of hydrogen-bond donors (Lipinski definition) is 0. The van der Waals surface area contributed by atoms with Crippen LogP contribution in [0.3, 0.4) is 0 Å². The predicted molar refractivity (Wildman–Crippen MR) is 38.5 cm³/mol. The number of hydrogen-bond acceptors (Lipinski definition) is 2. The van der Waals surface area contributed by atoms with Gasteiger partial charge in [0.1, 0.15) is 5.94 Å². The minimum absolute atomic E-state index is 0.756. The molecular weight excluding hydrogens is 114 g/mol. The van der Waals surface area contributed by atoms with Gasteiger partial charge in [-0.2, -0.15) is 0 Å². The fourth-order valence-electron chi connectivity index (χ4n) is 0.419. The molecule has 0 bridgehead atoms. The summed E-state index contributed by atoms with van der Waals surface area (Å²) in [6.07, 6.45) is 2.36. The second kappa shape index (κ2) is 5.26. The fraction of sp³-hybridized carbons (Fsp3) is 0.571. The highest BCUT2D eigenvalue weighted by Gasteiger charge is 1.79. The van der Waals surface area contributed by atoms with Crippen molar-refractivity contribution in [1.29, 1.82) is 0 Å². The SMILES string of the molecule is CCCN=C(C)C=C=O. The molecule has 0 aliphatic carbocycles. The molecule has 0 saturated heterocycles. The molecule has 2 heteroatoms. The Morgan fingerprint density at radius 2 is 2.44 bits per heavy atom. The third-order valence-electron chi connectivity index (χ3n) is 0.853. The van der Waals surface area contributed by atoms with Crippen molar-refractivity contribution in [3.63, 3.8) is 0 Å². The maximum Gasteiger partial charge on any atom is 0.126 e. The molecule has 0 aromatic rings. The Bertz CT molecular complexity index is 143. The molecule has 2 nitrogen and oxygen atoms in total. The average molecular weight is 125 g/mol. The van der Waals surface area contributed by atoms with E-state index in [0.717, 1.165) is 18.7 Å². The maximum absolute atomic E-state index is 9.72. The van der Waals surface area contributed by atoms with Gasteiger partial charge in [0.05, 0.1) is 0 Å². The van der Waals surface area contributed by atoms with Gasteiger partial charge in [-0.3, -0.25) is 4.99 Å². The molecule has 0 amide bonds. The molecule has 0 unspecified atom stereocenters. The fourth-order valence-corrected chi connectivity index (χ4v) is 0.419. The minimum atomic E-state index is 0.756. The van der Waals surface area contributed by atoms with Crippen molar-refractivity contribution in [2.75, 3.05) is 6.54 Å². The van der Waals surface area contributed by atoms with Gasteiger partial charge in [-0.25, -0.2) is 4.79 Å². The molecule has 0 radical (unpaired) electrons. The number of rotatable bonds is 3. The van der Waals surface area contributed by atoms with Gasteiger partial charge in [0.15, 0.2) is 0 Å². The largest absolute Gasteiger partial charge is 0.289 e. The zero-order valence-corrected chi connectivity index (χ0v) is 5.85. The van der Waals surface area contributed by atoms with E-state index < -0.39 is 0 Å². The quantitative estimate of drug-likeness (QED) is 0.412. The maximum atomic E-state index is 9.72. The zero-order valence-electron chi connectivity index (χ0n) is 5.85. The van der Waals surface area contributed by atoms with E-state index in [2.05, 4.69) is 4.99 Å². The van der Waals surface area contributed by atoms with Crippen LogP contribution in [0, 0.1) is 0 Å². The number of allylic oxidation sites excluding steroid dienone is 1. The Kier molecular flexibility index (Phi) is 4.75. The van der Waals surface area contributed by atoms with Gasteiger partial charge in [0, 0.05) is 18.3 Å². The van der Waals surface area contributed by atoms with E-state index in [-0.39, 0.29) is 0 Å². The summed E-state index contributed by atoms with van der Waals surface area (Å²) in [7, 11) is 0. The Morgan fingerprint density at radius 3 is 2.89 bits per heavy atom. The molecule has 0 spiro atoms. The van der Waals surface area contributed by atoms with E-state index in [1.54, 1.807) is 12.9 Å². The van der Waals surface area contributed by atoms with E-state index in [1.807, 2.05) is 6.92 Å². The Hall–Kier alpha value is -0.880. The van der Waals surface area contributed by atoms with Crippen LogP contribution in [0.25, 0.3) is 0 Å². The second-order valence-corrected chi connectivity index (χ2v) is 1.79. The van der Waals surface area contributed by atoms with Crippen molar-refractivity contribution in [3.05, 3.63) is 6.08 Å². The summed E-state index contributed by atoms with van der Waals surface area (Å²) in [5.41, 5.74) is 0.756. The summed E-state index contributed by atoms with van der Waals surface area (Å²) >= 11 is 0. The summed E-state index contributed by atoms with van der Waals surface area (Å²) < 4.78 is 0. The van der Waals surface area contributed by atoms with Crippen LogP contribution in [-0.4, -0.2) is 18.2 Å². The lowest BCUT2D eigenvalue weighted by Gasteiger charge is -1.86. The van der Waals surface area contributed by atoms with Crippen LogP contribution in [0.1, 0.15) is 20.3 Å². The monoisotopic (exact) mass is 125 g/mol. The van der Waals surface area contributed by atoms with Crippen LogP contribution in [0.4, 0.5) is 0 Å². The summed E-state index contributed by atoms with van der Waals surface area (Å²) in [4.78, 5) is 13.7. The van der Waals surface area contributed by atoms with E-state index in [9.17, 15) is 4.79 Å². The van der Waals surface area contributed by atoms with Crippen LogP contribution >= 0.6 is 0 Å². The summed E-state index contributed by atoms with van der Waals surface area (Å²) in [6.45, 7) is 4.63. The van der Waals surface area contributed by atoms with Crippen LogP contribution in [0.15, 0.2) is 11.1 Å². The Balaban J connectivity index is 3.69. The molecule has 0 aromatic carbocycles. The van der Waals surface area contributed by atoms with Gasteiger partial charge in [0.2, 0.25) is 0 Å². The molecule has 0 fully saturated rings. The lowest BCUT2D eigenvalue weighted by molar-refractivity contribution is 0.569. The number of carbonyl (C=O) groups excluding carboxylic acids is 1. The molecule has 0 saturated carbocycles. The molecule has 9 heavy (non-hydrogen) atoms. The first-order valence-corrected chi connectivity index (χ1v) is 3.03. The van der Waals surface area contributed by atoms with E-state index in [4.69, 9.17) is 0 Å². The average Bonchev–Trinajstić information content (AvgIpc) is 1.85. The Morgan fingerprint density at radius 1 is 1.78 bits per heavy atom. The van der Waals surface area contributed by atoms with Gasteiger partial charge in [0.25, 0.3) is 0 Å². The van der Waals surface area contributed by atoms with Gasteiger partial charge in [-0.15, -0.1) is 0 Å². The van der Waals surface area contributed by atoms with Crippen LogP contribution in [-0.2, 0) is 4.79 Å². The van der Waals surface area contributed by atoms with E-state index >= 15 is 0 Å². The number of aliphatic imine (C=N–C) groups is 1. The lowest BCUT2D eigenvalue weighted by Crippen LogP contribution is -1.86. The van der Waals surface area contributed by atoms with E-state index in [0.29, 0.717) is 0 Å². The highest BCUT2D eigenvalue weighted by molar-refractivity contribution is 5.98. The summed E-state index contributed by atoms with van der Waals surface area (Å²) in [6, 6.07) is 0. The smallest absolute Gasteiger partial charge is 0.126 e. The van der Waals surface area contributed by atoms with Crippen LogP contribution in [0.2, 0.25) is 0 Å². The molecule has 50 valence electrons. The van der Waals surface area contributed by atoms with Crippen molar-refractivity contribution < 1.29 is 4.79 Å². The summed E-state index contributed by atoms with van der Waals surface area (Å²) in [5.74, 6) is 1.67. The number of nitrogens with zero attached hydrogens (tertiary/aromatic N) is 1. The van der Waals surface area contributed by atoms with Gasteiger partial charge in [-0.1, -0.05) is 6.92 Å². The van der Waals surface area contributed by atoms with Gasteiger partial charge < -0.3 is 0 Å². The normalized spacial score (nSPS) is 10.7.